The minimum Gasteiger partial charge on any atom is -0.480 e. The quantitative estimate of drug-likeness (QED) is 0.240. The maximum absolute atomic E-state index is 12.0. The van der Waals surface area contributed by atoms with Crippen molar-refractivity contribution in [3.05, 3.63) is 0 Å². The number of carboxylic acid groups (broad SMARTS) is 1. The molecule has 0 aliphatic heterocycles. The first-order valence-corrected chi connectivity index (χ1v) is 6.62. The normalized spacial score (nSPS) is 19.2. The molecule has 0 spiro atoms. The Morgan fingerprint density at radius 1 is 0.818 bits per heavy atom. The maximum atomic E-state index is 12.0. The number of carbonyl (C=O) groups is 3. The van der Waals surface area contributed by atoms with E-state index in [1.54, 1.807) is 0 Å². The predicted octanol–water partition coefficient (Wildman–Crippen LogP) is -3.49. The van der Waals surface area contributed by atoms with Gasteiger partial charge in [-0.1, -0.05) is 0 Å². The summed E-state index contributed by atoms with van der Waals surface area (Å²) in [5.41, 5.74) is 5.40. The van der Waals surface area contributed by atoms with Crippen molar-refractivity contribution >= 4 is 17.8 Å². The molecule has 0 radical (unpaired) electrons. The van der Waals surface area contributed by atoms with Crippen molar-refractivity contribution in [3.8, 4) is 0 Å². The van der Waals surface area contributed by atoms with Crippen LogP contribution in [-0.2, 0) is 14.4 Å². The van der Waals surface area contributed by atoms with Crippen molar-refractivity contribution in [1.29, 1.82) is 0 Å². The fourth-order valence-corrected chi connectivity index (χ4v) is 1.51. The summed E-state index contributed by atoms with van der Waals surface area (Å²) in [5, 5.41) is 41.1. The van der Waals surface area contributed by atoms with E-state index in [0.717, 1.165) is 0 Å². The Morgan fingerprint density at radius 2 is 1.23 bits per heavy atom. The lowest BCUT2D eigenvalue weighted by Gasteiger charge is -2.25. The van der Waals surface area contributed by atoms with E-state index in [2.05, 4.69) is 5.32 Å². The van der Waals surface area contributed by atoms with Gasteiger partial charge in [0.15, 0.2) is 6.04 Å². The van der Waals surface area contributed by atoms with Crippen molar-refractivity contribution in [2.24, 2.45) is 5.73 Å². The number of amides is 2. The third-order valence-corrected chi connectivity index (χ3v) is 2.93. The molecule has 0 rings (SSSR count). The van der Waals surface area contributed by atoms with Crippen LogP contribution in [0.25, 0.3) is 0 Å². The molecule has 0 bridgehead atoms. The van der Waals surface area contributed by atoms with Gasteiger partial charge in [0.25, 0.3) is 0 Å². The molecule has 0 aromatic heterocycles. The monoisotopic (exact) mass is 321 g/mol. The second kappa shape index (κ2) is 8.63. The Morgan fingerprint density at radius 3 is 1.55 bits per heavy atom. The average molecular weight is 321 g/mol. The van der Waals surface area contributed by atoms with E-state index in [9.17, 15) is 29.7 Å². The summed E-state index contributed by atoms with van der Waals surface area (Å²) < 4.78 is 0. The summed E-state index contributed by atoms with van der Waals surface area (Å²) >= 11 is 0. The van der Waals surface area contributed by atoms with E-state index in [-0.39, 0.29) is 0 Å². The second-order valence-corrected chi connectivity index (χ2v) is 5.06. The lowest BCUT2D eigenvalue weighted by molar-refractivity contribution is -0.145. The topological polar surface area (TPSA) is 182 Å². The number of hydrogen-bond acceptors (Lipinski definition) is 7. The zero-order valence-electron chi connectivity index (χ0n) is 12.6. The van der Waals surface area contributed by atoms with Crippen LogP contribution in [0.4, 0.5) is 0 Å². The van der Waals surface area contributed by atoms with Crippen molar-refractivity contribution in [1.82, 2.24) is 10.6 Å². The van der Waals surface area contributed by atoms with Crippen molar-refractivity contribution < 1.29 is 34.8 Å². The van der Waals surface area contributed by atoms with Gasteiger partial charge in [0, 0.05) is 0 Å². The number of nitrogens with two attached hydrogens (primary N) is 1. The first kappa shape index (κ1) is 20.2. The van der Waals surface area contributed by atoms with Crippen LogP contribution >= 0.6 is 0 Å². The molecule has 2 amide bonds. The van der Waals surface area contributed by atoms with Gasteiger partial charge < -0.3 is 36.8 Å². The lowest BCUT2D eigenvalue weighted by atomic mass is 10.1. The maximum Gasteiger partial charge on any atom is 0.328 e. The van der Waals surface area contributed by atoms with Gasteiger partial charge in [-0.25, -0.2) is 4.79 Å². The highest BCUT2D eigenvalue weighted by Crippen LogP contribution is 2.00. The number of aliphatic carboxylic acids is 1. The van der Waals surface area contributed by atoms with E-state index in [4.69, 9.17) is 10.8 Å². The highest BCUT2D eigenvalue weighted by molar-refractivity contribution is 5.92. The van der Waals surface area contributed by atoms with Crippen LogP contribution in [0.3, 0.4) is 0 Å². The molecule has 10 nitrogen and oxygen atoms in total. The second-order valence-electron chi connectivity index (χ2n) is 5.06. The number of aliphatic hydroxyl groups excluding tert-OH is 3. The first-order valence-electron chi connectivity index (χ1n) is 6.62. The van der Waals surface area contributed by atoms with Gasteiger partial charge >= 0.3 is 5.97 Å². The van der Waals surface area contributed by atoms with Crippen LogP contribution in [0, 0.1) is 0 Å². The van der Waals surface area contributed by atoms with Crippen LogP contribution in [0.2, 0.25) is 0 Å². The summed E-state index contributed by atoms with van der Waals surface area (Å²) in [7, 11) is 0. The Bertz CT molecular complexity index is 412. The van der Waals surface area contributed by atoms with E-state index < -0.39 is 54.2 Å². The standard InChI is InChI=1S/C12H23N3O7/c1-4(16)7(13)10(19)14-8(5(2)17)11(20)15-9(6(3)18)12(21)22/h4-9,16-18H,13H2,1-3H3,(H,14,19)(H,15,20)(H,21,22). The Kier molecular flexibility index (Phi) is 7.95. The van der Waals surface area contributed by atoms with Gasteiger partial charge in [0.05, 0.1) is 18.3 Å². The molecule has 6 atom stereocenters. The van der Waals surface area contributed by atoms with E-state index in [1.165, 1.54) is 20.8 Å². The van der Waals surface area contributed by atoms with E-state index >= 15 is 0 Å². The molecule has 0 fully saturated rings. The minimum atomic E-state index is -1.60. The number of hydrogen-bond donors (Lipinski definition) is 7. The molecule has 6 unspecified atom stereocenters. The van der Waals surface area contributed by atoms with Gasteiger partial charge in [-0.2, -0.15) is 0 Å². The first-order chi connectivity index (χ1) is 9.98. The zero-order valence-corrected chi connectivity index (χ0v) is 12.6. The summed E-state index contributed by atoms with van der Waals surface area (Å²) in [6.45, 7) is 3.64. The van der Waals surface area contributed by atoms with Crippen LogP contribution < -0.4 is 16.4 Å². The summed E-state index contributed by atoms with van der Waals surface area (Å²) in [6, 6.07) is -4.41. The van der Waals surface area contributed by atoms with Crippen molar-refractivity contribution in [2.45, 2.75) is 57.2 Å². The molecule has 0 aromatic rings. The molecule has 0 heterocycles. The Balaban J connectivity index is 4.99. The molecular formula is C12H23N3O7. The minimum absolute atomic E-state index is 0.889. The van der Waals surface area contributed by atoms with Gasteiger partial charge in [0.2, 0.25) is 11.8 Å². The van der Waals surface area contributed by atoms with Gasteiger partial charge in [-0.3, -0.25) is 9.59 Å². The largest absolute Gasteiger partial charge is 0.480 e. The lowest BCUT2D eigenvalue weighted by Crippen LogP contribution is -2.60. The van der Waals surface area contributed by atoms with Crippen LogP contribution in [0.5, 0.6) is 0 Å². The van der Waals surface area contributed by atoms with E-state index in [0.29, 0.717) is 0 Å². The van der Waals surface area contributed by atoms with Crippen molar-refractivity contribution in [3.63, 3.8) is 0 Å². The summed E-state index contributed by atoms with van der Waals surface area (Å²) in [6.07, 6.45) is -3.91. The molecule has 0 aliphatic rings. The zero-order chi connectivity index (χ0) is 17.6. The molecule has 22 heavy (non-hydrogen) atoms. The summed E-state index contributed by atoms with van der Waals surface area (Å²) in [5.74, 6) is -3.37. The molecule has 0 saturated heterocycles. The van der Waals surface area contributed by atoms with Crippen molar-refractivity contribution in [2.75, 3.05) is 0 Å². The van der Waals surface area contributed by atoms with Crippen LogP contribution in [0.1, 0.15) is 20.8 Å². The Labute approximate surface area is 127 Å². The highest BCUT2D eigenvalue weighted by Gasteiger charge is 2.33. The number of aliphatic hydroxyl groups is 3. The third-order valence-electron chi connectivity index (χ3n) is 2.93. The third kappa shape index (κ3) is 5.93. The number of carbonyl (C=O) groups excluding carboxylic acids is 2. The summed E-state index contributed by atoms with van der Waals surface area (Å²) in [4.78, 5) is 34.6. The predicted molar refractivity (Wildman–Crippen MR) is 74.5 cm³/mol. The number of carboxylic acids is 1. The highest BCUT2D eigenvalue weighted by atomic mass is 16.4. The molecule has 0 saturated carbocycles. The smallest absolute Gasteiger partial charge is 0.328 e. The number of rotatable bonds is 8. The SMILES string of the molecule is CC(O)C(N)C(=O)NC(C(=O)NC(C(=O)O)C(C)O)C(C)O. The molecular weight excluding hydrogens is 298 g/mol. The van der Waals surface area contributed by atoms with E-state index in [1.807, 2.05) is 5.32 Å². The molecule has 8 N–H and O–H groups in total. The fourth-order valence-electron chi connectivity index (χ4n) is 1.51. The Hall–Kier alpha value is -1.75. The molecule has 0 aromatic carbocycles. The van der Waals surface area contributed by atoms with Gasteiger partial charge in [-0.05, 0) is 20.8 Å². The average Bonchev–Trinajstić information content (AvgIpc) is 2.39. The number of nitrogens with one attached hydrogen (secondary N) is 2. The molecule has 10 heteroatoms. The fraction of sp³-hybridized carbons (Fsp3) is 0.750. The van der Waals surface area contributed by atoms with Crippen LogP contribution in [0.15, 0.2) is 0 Å². The molecule has 128 valence electrons. The van der Waals surface area contributed by atoms with Gasteiger partial charge in [0.1, 0.15) is 12.1 Å². The van der Waals surface area contributed by atoms with Crippen LogP contribution in [-0.4, -0.2) is 74.6 Å². The van der Waals surface area contributed by atoms with Gasteiger partial charge in [-0.15, -0.1) is 0 Å². The molecule has 0 aliphatic carbocycles.